The fourth-order valence-electron chi connectivity index (χ4n) is 1.53. The van der Waals surface area contributed by atoms with Crippen molar-refractivity contribution in [3.63, 3.8) is 0 Å². The van der Waals surface area contributed by atoms with Crippen molar-refractivity contribution in [2.24, 2.45) is 0 Å². The molecule has 12 heavy (non-hydrogen) atoms. The zero-order chi connectivity index (χ0) is 8.55. The van der Waals surface area contributed by atoms with Gasteiger partial charge in [0, 0.05) is 19.3 Å². The smallest absolute Gasteiger partial charge is 0.0429 e. The predicted octanol–water partition coefficient (Wildman–Crippen LogP) is 2.49. The average molecular weight is 159 g/mol. The minimum absolute atomic E-state index is 1.04. The third-order valence-electron chi connectivity index (χ3n) is 2.43. The molecular weight excluding hydrogens is 146 g/mol. The molecule has 0 N–H and O–H groups in total. The molecule has 1 heteroatoms. The second-order valence-electron chi connectivity index (χ2n) is 3.34. The van der Waals surface area contributed by atoms with E-state index in [-0.39, 0.29) is 0 Å². The fraction of sp³-hybridized carbons (Fsp3) is 0.273. The molecule has 2 rings (SSSR count). The van der Waals surface area contributed by atoms with Crippen LogP contribution in [-0.4, -0.2) is 11.9 Å². The van der Waals surface area contributed by atoms with Gasteiger partial charge in [-0.25, -0.2) is 0 Å². The van der Waals surface area contributed by atoms with Gasteiger partial charge < -0.3 is 4.90 Å². The van der Waals surface area contributed by atoms with Crippen molar-refractivity contribution in [1.82, 2.24) is 4.90 Å². The molecule has 0 radical (unpaired) electrons. The summed E-state index contributed by atoms with van der Waals surface area (Å²) in [6.45, 7) is 3.19. The number of fused-ring (bicyclic) bond motifs is 1. The van der Waals surface area contributed by atoms with Crippen molar-refractivity contribution in [2.45, 2.75) is 13.5 Å². The van der Waals surface area contributed by atoms with Gasteiger partial charge in [-0.2, -0.15) is 0 Å². The van der Waals surface area contributed by atoms with Gasteiger partial charge in [0.05, 0.1) is 0 Å². The molecule has 1 aromatic carbocycles. The van der Waals surface area contributed by atoms with Crippen molar-refractivity contribution in [3.05, 3.63) is 41.1 Å². The summed E-state index contributed by atoms with van der Waals surface area (Å²) in [6.07, 6.45) is 2.23. The van der Waals surface area contributed by atoms with Crippen LogP contribution < -0.4 is 0 Å². The topological polar surface area (TPSA) is 3.24 Å². The molecule has 0 saturated carbocycles. The van der Waals surface area contributed by atoms with Gasteiger partial charge in [0.2, 0.25) is 0 Å². The molecule has 0 aromatic heterocycles. The zero-order valence-electron chi connectivity index (χ0n) is 7.54. The lowest BCUT2D eigenvalue weighted by atomic mass is 10.0. The first-order valence-electron chi connectivity index (χ1n) is 4.25. The van der Waals surface area contributed by atoms with Gasteiger partial charge in [-0.15, -0.1) is 0 Å². The summed E-state index contributed by atoms with van der Waals surface area (Å²) >= 11 is 0. The molecule has 1 aliphatic heterocycles. The summed E-state index contributed by atoms with van der Waals surface area (Å²) in [7, 11) is 2.13. The van der Waals surface area contributed by atoms with Crippen molar-refractivity contribution >= 4 is 6.08 Å². The van der Waals surface area contributed by atoms with E-state index in [1.165, 1.54) is 16.8 Å². The van der Waals surface area contributed by atoms with Crippen LogP contribution in [0.3, 0.4) is 0 Å². The second kappa shape index (κ2) is 2.67. The van der Waals surface area contributed by atoms with E-state index in [0.717, 1.165) is 6.54 Å². The first-order chi connectivity index (χ1) is 5.77. The Morgan fingerprint density at radius 1 is 1.25 bits per heavy atom. The van der Waals surface area contributed by atoms with Crippen molar-refractivity contribution in [2.75, 3.05) is 7.05 Å². The molecule has 1 aromatic rings. The third kappa shape index (κ3) is 1.11. The fourth-order valence-corrected chi connectivity index (χ4v) is 1.53. The maximum Gasteiger partial charge on any atom is 0.0429 e. The maximum absolute atomic E-state index is 2.27. The van der Waals surface area contributed by atoms with E-state index >= 15 is 0 Å². The Balaban J connectivity index is 2.49. The Hall–Kier alpha value is -1.24. The molecule has 0 atom stereocenters. The normalized spacial score (nSPS) is 15.5. The van der Waals surface area contributed by atoms with Gasteiger partial charge in [-0.05, 0) is 24.1 Å². The Labute approximate surface area is 73.3 Å². The monoisotopic (exact) mass is 159 g/mol. The molecule has 1 nitrogen and oxygen atoms in total. The first-order valence-corrected chi connectivity index (χ1v) is 4.25. The molecule has 0 aliphatic carbocycles. The van der Waals surface area contributed by atoms with E-state index in [4.69, 9.17) is 0 Å². The number of rotatable bonds is 0. The number of hydrogen-bond donors (Lipinski definition) is 0. The van der Waals surface area contributed by atoms with Crippen LogP contribution in [-0.2, 0) is 6.54 Å². The SMILES string of the molecule is CC1=Cc2ccccc2CN1C. The summed E-state index contributed by atoms with van der Waals surface area (Å²) in [4.78, 5) is 2.27. The Morgan fingerprint density at radius 2 is 2.00 bits per heavy atom. The Bertz CT molecular complexity index is 326. The molecule has 0 fully saturated rings. The van der Waals surface area contributed by atoms with Gasteiger partial charge in [0.1, 0.15) is 0 Å². The summed E-state index contributed by atoms with van der Waals surface area (Å²) in [6, 6.07) is 8.55. The molecule has 0 bridgehead atoms. The van der Waals surface area contributed by atoms with Crippen LogP contribution in [0.25, 0.3) is 6.08 Å². The van der Waals surface area contributed by atoms with Crippen LogP contribution >= 0.6 is 0 Å². The largest absolute Gasteiger partial charge is 0.374 e. The van der Waals surface area contributed by atoms with Gasteiger partial charge in [0.25, 0.3) is 0 Å². The van der Waals surface area contributed by atoms with Crippen LogP contribution in [0.1, 0.15) is 18.1 Å². The molecule has 0 unspecified atom stereocenters. The van der Waals surface area contributed by atoms with Crippen LogP contribution in [0.4, 0.5) is 0 Å². The number of benzene rings is 1. The predicted molar refractivity (Wildman–Crippen MR) is 51.6 cm³/mol. The molecular formula is C11H13N. The lowest BCUT2D eigenvalue weighted by molar-refractivity contribution is 0.410. The van der Waals surface area contributed by atoms with Gasteiger partial charge in [0.15, 0.2) is 0 Å². The average Bonchev–Trinajstić information content (AvgIpc) is 2.07. The molecule has 62 valence electrons. The van der Waals surface area contributed by atoms with Gasteiger partial charge >= 0.3 is 0 Å². The van der Waals surface area contributed by atoms with Crippen molar-refractivity contribution in [3.8, 4) is 0 Å². The highest BCUT2D eigenvalue weighted by atomic mass is 15.1. The maximum atomic E-state index is 2.27. The summed E-state index contributed by atoms with van der Waals surface area (Å²) < 4.78 is 0. The molecule has 0 amide bonds. The Kier molecular flexibility index (Phi) is 1.65. The molecule has 0 saturated heterocycles. The lowest BCUT2D eigenvalue weighted by Gasteiger charge is -2.25. The van der Waals surface area contributed by atoms with Crippen molar-refractivity contribution in [1.29, 1.82) is 0 Å². The highest BCUT2D eigenvalue weighted by molar-refractivity contribution is 5.58. The van der Waals surface area contributed by atoms with E-state index in [1.54, 1.807) is 0 Å². The molecule has 0 spiro atoms. The van der Waals surface area contributed by atoms with Gasteiger partial charge in [-0.3, -0.25) is 0 Å². The number of hydrogen-bond acceptors (Lipinski definition) is 1. The first kappa shape index (κ1) is 7.41. The van der Waals surface area contributed by atoms with E-state index < -0.39 is 0 Å². The van der Waals surface area contributed by atoms with Crippen LogP contribution in [0, 0.1) is 0 Å². The zero-order valence-corrected chi connectivity index (χ0v) is 7.54. The highest BCUT2D eigenvalue weighted by Gasteiger charge is 2.09. The second-order valence-corrected chi connectivity index (χ2v) is 3.34. The summed E-state index contributed by atoms with van der Waals surface area (Å²) in [5.74, 6) is 0. The molecule has 1 aliphatic rings. The third-order valence-corrected chi connectivity index (χ3v) is 2.43. The minimum atomic E-state index is 1.04. The summed E-state index contributed by atoms with van der Waals surface area (Å²) in [5.41, 5.74) is 4.13. The van der Waals surface area contributed by atoms with Gasteiger partial charge in [-0.1, -0.05) is 24.3 Å². The standard InChI is InChI=1S/C11H13N/c1-9-7-10-5-3-4-6-11(10)8-12(9)2/h3-7H,8H2,1-2H3. The minimum Gasteiger partial charge on any atom is -0.374 e. The number of nitrogens with zero attached hydrogens (tertiary/aromatic N) is 1. The van der Waals surface area contributed by atoms with Crippen LogP contribution in [0.2, 0.25) is 0 Å². The molecule has 1 heterocycles. The lowest BCUT2D eigenvalue weighted by Crippen LogP contribution is -2.19. The van der Waals surface area contributed by atoms with E-state index in [1.807, 2.05) is 0 Å². The van der Waals surface area contributed by atoms with E-state index in [0.29, 0.717) is 0 Å². The summed E-state index contributed by atoms with van der Waals surface area (Å²) in [5, 5.41) is 0. The van der Waals surface area contributed by atoms with E-state index in [2.05, 4.69) is 49.2 Å². The highest BCUT2D eigenvalue weighted by Crippen LogP contribution is 2.22. The van der Waals surface area contributed by atoms with Crippen molar-refractivity contribution < 1.29 is 0 Å². The Morgan fingerprint density at radius 3 is 2.83 bits per heavy atom. The van der Waals surface area contributed by atoms with Crippen LogP contribution in [0.15, 0.2) is 30.0 Å². The number of allylic oxidation sites excluding steroid dienone is 1. The quantitative estimate of drug-likeness (QED) is 0.562. The van der Waals surface area contributed by atoms with E-state index in [9.17, 15) is 0 Å². The van der Waals surface area contributed by atoms with Crippen LogP contribution in [0.5, 0.6) is 0 Å².